The minimum Gasteiger partial charge on any atom is -0.486 e. The van der Waals surface area contributed by atoms with Crippen LogP contribution in [0.4, 0.5) is 5.69 Å². The molecule has 6 nitrogen and oxygen atoms in total. The SMILES string of the molecule is Cc1ccc(N2CC(C(=O)N3CCC4(CC3)CC(=O)c3cc(C)c(C)cc3O4)CC2=O)cc1. The highest BCUT2D eigenvalue weighted by Crippen LogP contribution is 2.41. The molecule has 0 aliphatic carbocycles. The predicted molar refractivity (Wildman–Crippen MR) is 126 cm³/mol. The topological polar surface area (TPSA) is 66.9 Å². The summed E-state index contributed by atoms with van der Waals surface area (Å²) in [6.45, 7) is 7.54. The van der Waals surface area contributed by atoms with E-state index in [1.165, 1.54) is 0 Å². The van der Waals surface area contributed by atoms with Crippen molar-refractivity contribution in [2.24, 2.45) is 5.92 Å². The Kier molecular flexibility index (Phi) is 5.26. The van der Waals surface area contributed by atoms with Crippen molar-refractivity contribution in [2.45, 2.75) is 52.1 Å². The third-order valence-electron chi connectivity index (χ3n) is 7.51. The highest BCUT2D eigenvalue weighted by molar-refractivity contribution is 6.01. The molecule has 1 spiro atoms. The number of aryl methyl sites for hydroxylation is 3. The van der Waals surface area contributed by atoms with Gasteiger partial charge in [-0.05, 0) is 56.2 Å². The highest BCUT2D eigenvalue weighted by Gasteiger charge is 2.45. The van der Waals surface area contributed by atoms with Crippen LogP contribution in [0.2, 0.25) is 0 Å². The van der Waals surface area contributed by atoms with E-state index in [0.717, 1.165) is 22.4 Å². The zero-order valence-electron chi connectivity index (χ0n) is 19.5. The number of hydrogen-bond acceptors (Lipinski definition) is 4. The zero-order chi connectivity index (χ0) is 23.3. The van der Waals surface area contributed by atoms with Gasteiger partial charge in [0.2, 0.25) is 11.8 Å². The Labute approximate surface area is 194 Å². The number of hydrogen-bond donors (Lipinski definition) is 0. The molecule has 2 fully saturated rings. The molecular weight excluding hydrogens is 416 g/mol. The van der Waals surface area contributed by atoms with Gasteiger partial charge in [0, 0.05) is 44.6 Å². The van der Waals surface area contributed by atoms with Gasteiger partial charge in [0.25, 0.3) is 0 Å². The number of anilines is 1. The number of piperidine rings is 1. The number of carbonyl (C=O) groups is 3. The minimum atomic E-state index is -0.540. The maximum Gasteiger partial charge on any atom is 0.228 e. The lowest BCUT2D eigenvalue weighted by Crippen LogP contribution is -2.53. The third kappa shape index (κ3) is 3.92. The number of carbonyl (C=O) groups excluding carboxylic acids is 3. The molecular formula is C27H30N2O4. The van der Waals surface area contributed by atoms with E-state index in [1.807, 2.05) is 62.1 Å². The van der Waals surface area contributed by atoms with E-state index in [2.05, 4.69) is 0 Å². The second-order valence-electron chi connectivity index (χ2n) is 9.88. The normalized spacial score (nSPS) is 21.8. The van der Waals surface area contributed by atoms with E-state index in [0.29, 0.717) is 50.2 Å². The zero-order valence-corrected chi connectivity index (χ0v) is 19.5. The Balaban J connectivity index is 1.24. The van der Waals surface area contributed by atoms with Gasteiger partial charge in [-0.2, -0.15) is 0 Å². The van der Waals surface area contributed by atoms with Crippen molar-refractivity contribution in [3.63, 3.8) is 0 Å². The molecule has 2 saturated heterocycles. The Morgan fingerprint density at radius 1 is 1.00 bits per heavy atom. The van der Waals surface area contributed by atoms with Crippen molar-refractivity contribution < 1.29 is 19.1 Å². The summed E-state index contributed by atoms with van der Waals surface area (Å²) in [7, 11) is 0. The van der Waals surface area contributed by atoms with Crippen LogP contribution in [0.5, 0.6) is 5.75 Å². The summed E-state index contributed by atoms with van der Waals surface area (Å²) in [6, 6.07) is 11.7. The summed E-state index contributed by atoms with van der Waals surface area (Å²) in [5.74, 6) is 0.489. The van der Waals surface area contributed by atoms with Gasteiger partial charge in [0.05, 0.1) is 17.9 Å². The Bertz CT molecular complexity index is 1130. The number of ketones is 1. The van der Waals surface area contributed by atoms with Gasteiger partial charge < -0.3 is 14.5 Å². The molecule has 33 heavy (non-hydrogen) atoms. The number of fused-ring (bicyclic) bond motifs is 1. The largest absolute Gasteiger partial charge is 0.486 e. The molecule has 0 aromatic heterocycles. The first-order chi connectivity index (χ1) is 15.7. The summed E-state index contributed by atoms with van der Waals surface area (Å²) in [6.07, 6.45) is 1.85. The van der Waals surface area contributed by atoms with E-state index < -0.39 is 5.60 Å². The fraction of sp³-hybridized carbons (Fsp3) is 0.444. The number of amides is 2. The van der Waals surface area contributed by atoms with Crippen molar-refractivity contribution >= 4 is 23.3 Å². The summed E-state index contributed by atoms with van der Waals surface area (Å²) in [5, 5.41) is 0. The Morgan fingerprint density at radius 3 is 2.36 bits per heavy atom. The monoisotopic (exact) mass is 446 g/mol. The first-order valence-electron chi connectivity index (χ1n) is 11.7. The van der Waals surface area contributed by atoms with Crippen LogP contribution in [0.3, 0.4) is 0 Å². The molecule has 1 atom stereocenters. The molecule has 3 heterocycles. The second kappa shape index (κ2) is 8.01. The smallest absolute Gasteiger partial charge is 0.228 e. The van der Waals surface area contributed by atoms with Gasteiger partial charge in [0.1, 0.15) is 11.4 Å². The third-order valence-corrected chi connectivity index (χ3v) is 7.51. The molecule has 0 bridgehead atoms. The van der Waals surface area contributed by atoms with Crippen LogP contribution in [0.1, 0.15) is 52.7 Å². The molecule has 2 aromatic rings. The lowest BCUT2D eigenvalue weighted by atomic mass is 9.81. The van der Waals surface area contributed by atoms with Crippen LogP contribution in [0, 0.1) is 26.7 Å². The van der Waals surface area contributed by atoms with Crippen LogP contribution in [0.15, 0.2) is 36.4 Å². The van der Waals surface area contributed by atoms with E-state index in [1.54, 1.807) is 4.90 Å². The van der Waals surface area contributed by atoms with Crippen LogP contribution in [-0.4, -0.2) is 47.7 Å². The van der Waals surface area contributed by atoms with Gasteiger partial charge in [-0.25, -0.2) is 0 Å². The molecule has 2 amide bonds. The van der Waals surface area contributed by atoms with E-state index >= 15 is 0 Å². The molecule has 6 heteroatoms. The molecule has 0 saturated carbocycles. The lowest BCUT2D eigenvalue weighted by molar-refractivity contribution is -0.139. The Hall–Kier alpha value is -3.15. The second-order valence-corrected chi connectivity index (χ2v) is 9.88. The van der Waals surface area contributed by atoms with Crippen molar-refractivity contribution in [3.8, 4) is 5.75 Å². The van der Waals surface area contributed by atoms with Crippen LogP contribution >= 0.6 is 0 Å². The van der Waals surface area contributed by atoms with E-state index in [4.69, 9.17) is 4.74 Å². The fourth-order valence-corrected chi connectivity index (χ4v) is 5.27. The van der Waals surface area contributed by atoms with Crippen LogP contribution in [-0.2, 0) is 9.59 Å². The highest BCUT2D eigenvalue weighted by atomic mass is 16.5. The van der Waals surface area contributed by atoms with Gasteiger partial charge in [-0.1, -0.05) is 17.7 Å². The number of Topliss-reactive ketones (excluding diaryl/α,β-unsaturated/α-hetero) is 1. The van der Waals surface area contributed by atoms with Crippen molar-refractivity contribution in [1.82, 2.24) is 4.90 Å². The van der Waals surface area contributed by atoms with Crippen LogP contribution in [0.25, 0.3) is 0 Å². The molecule has 3 aliphatic rings. The number of likely N-dealkylation sites (tertiary alicyclic amines) is 1. The number of benzene rings is 2. The van der Waals surface area contributed by atoms with Crippen molar-refractivity contribution in [3.05, 3.63) is 58.7 Å². The fourth-order valence-electron chi connectivity index (χ4n) is 5.27. The predicted octanol–water partition coefficient (Wildman–Crippen LogP) is 3.99. The maximum atomic E-state index is 13.2. The van der Waals surface area contributed by atoms with Gasteiger partial charge in [-0.15, -0.1) is 0 Å². The average Bonchev–Trinajstić information content (AvgIpc) is 3.17. The molecule has 0 radical (unpaired) electrons. The summed E-state index contributed by atoms with van der Waals surface area (Å²) >= 11 is 0. The minimum absolute atomic E-state index is 0.00540. The quantitative estimate of drug-likeness (QED) is 0.700. The molecule has 1 unspecified atom stereocenters. The van der Waals surface area contributed by atoms with E-state index in [9.17, 15) is 14.4 Å². The van der Waals surface area contributed by atoms with E-state index in [-0.39, 0.29) is 29.9 Å². The van der Waals surface area contributed by atoms with Gasteiger partial charge in [-0.3, -0.25) is 14.4 Å². The molecule has 2 aromatic carbocycles. The summed E-state index contributed by atoms with van der Waals surface area (Å²) in [4.78, 5) is 42.3. The average molecular weight is 447 g/mol. The van der Waals surface area contributed by atoms with Crippen molar-refractivity contribution in [1.29, 1.82) is 0 Å². The maximum absolute atomic E-state index is 13.2. The Morgan fingerprint density at radius 2 is 1.67 bits per heavy atom. The van der Waals surface area contributed by atoms with Crippen LogP contribution < -0.4 is 9.64 Å². The standard InChI is InChI=1S/C27H30N2O4/c1-17-4-6-21(7-5-17)29-16-20(14-25(29)31)26(32)28-10-8-27(9-11-28)15-23(30)22-12-18(2)19(3)13-24(22)33-27/h4-7,12-13,20H,8-11,14-16H2,1-3H3. The number of ether oxygens (including phenoxy) is 1. The number of nitrogens with zero attached hydrogens (tertiary/aromatic N) is 2. The van der Waals surface area contributed by atoms with Gasteiger partial charge in [0.15, 0.2) is 5.78 Å². The number of rotatable bonds is 2. The molecule has 0 N–H and O–H groups in total. The molecule has 5 rings (SSSR count). The first-order valence-corrected chi connectivity index (χ1v) is 11.7. The summed E-state index contributed by atoms with van der Waals surface area (Å²) in [5.41, 5.74) is 4.31. The molecule has 172 valence electrons. The van der Waals surface area contributed by atoms with Gasteiger partial charge >= 0.3 is 0 Å². The first kappa shape index (κ1) is 21.7. The summed E-state index contributed by atoms with van der Waals surface area (Å²) < 4.78 is 6.40. The lowest BCUT2D eigenvalue weighted by Gasteiger charge is -2.44. The van der Waals surface area contributed by atoms with Crippen molar-refractivity contribution in [2.75, 3.05) is 24.5 Å². The molecule has 3 aliphatic heterocycles.